The first-order valence-corrected chi connectivity index (χ1v) is 9.66. The second kappa shape index (κ2) is 12.9. The molecule has 0 bridgehead atoms. The van der Waals surface area contributed by atoms with Crippen molar-refractivity contribution in [2.75, 3.05) is 6.54 Å². The minimum absolute atomic E-state index is 0.343. The van der Waals surface area contributed by atoms with E-state index in [1.165, 1.54) is 77.0 Å². The Morgan fingerprint density at radius 2 is 1.32 bits per heavy atom. The number of hydrogen-bond acceptors (Lipinski definition) is 2. The zero-order valence-electron chi connectivity index (χ0n) is 14.4. The van der Waals surface area contributed by atoms with Crippen molar-refractivity contribution in [1.29, 1.82) is 0 Å². The number of carboxylic acids is 1. The summed E-state index contributed by atoms with van der Waals surface area (Å²) >= 11 is 0. The van der Waals surface area contributed by atoms with Gasteiger partial charge in [0, 0.05) is 6.42 Å². The average molecular weight is 312 g/mol. The Bertz CT molecular complexity index is 281. The van der Waals surface area contributed by atoms with Crippen LogP contribution in [0.15, 0.2) is 0 Å². The Labute approximate surface area is 137 Å². The SMILES string of the molecule is NCCCCCCCC1CCCC1CCCCCCC(=O)O. The highest BCUT2D eigenvalue weighted by Crippen LogP contribution is 2.38. The lowest BCUT2D eigenvalue weighted by Crippen LogP contribution is -2.08. The maximum Gasteiger partial charge on any atom is 0.303 e. The van der Waals surface area contributed by atoms with Gasteiger partial charge in [0.25, 0.3) is 0 Å². The number of rotatable bonds is 14. The molecule has 1 aliphatic carbocycles. The Balaban J connectivity index is 1.99. The molecule has 130 valence electrons. The Kier molecular flexibility index (Phi) is 11.4. The van der Waals surface area contributed by atoms with E-state index in [4.69, 9.17) is 10.8 Å². The van der Waals surface area contributed by atoms with Crippen LogP contribution in [-0.2, 0) is 4.79 Å². The first kappa shape index (κ1) is 19.5. The standard InChI is InChI=1S/C19H37NO2/c20-16-9-5-1-2-6-11-17-13-10-14-18(17)12-7-3-4-8-15-19(21)22/h17-18H,1-16,20H2,(H,21,22). The highest BCUT2D eigenvalue weighted by molar-refractivity contribution is 5.66. The molecule has 1 fully saturated rings. The summed E-state index contributed by atoms with van der Waals surface area (Å²) in [5.41, 5.74) is 5.52. The van der Waals surface area contributed by atoms with Crippen LogP contribution < -0.4 is 5.73 Å². The Morgan fingerprint density at radius 3 is 1.86 bits per heavy atom. The van der Waals surface area contributed by atoms with Crippen LogP contribution in [0.2, 0.25) is 0 Å². The molecule has 3 N–H and O–H groups in total. The van der Waals surface area contributed by atoms with Crippen LogP contribution in [0.5, 0.6) is 0 Å². The van der Waals surface area contributed by atoms with E-state index in [1.807, 2.05) is 0 Å². The molecule has 3 heteroatoms. The molecular weight excluding hydrogens is 274 g/mol. The summed E-state index contributed by atoms with van der Waals surface area (Å²) in [6.07, 6.45) is 18.6. The zero-order valence-corrected chi connectivity index (χ0v) is 14.4. The van der Waals surface area contributed by atoms with Crippen molar-refractivity contribution < 1.29 is 9.90 Å². The Hall–Kier alpha value is -0.570. The third-order valence-electron chi connectivity index (χ3n) is 5.31. The number of aliphatic carboxylic acids is 1. The molecule has 3 nitrogen and oxygen atoms in total. The van der Waals surface area contributed by atoms with Gasteiger partial charge in [0.15, 0.2) is 0 Å². The van der Waals surface area contributed by atoms with Crippen molar-refractivity contribution >= 4 is 5.97 Å². The molecule has 0 aromatic heterocycles. The van der Waals surface area contributed by atoms with E-state index >= 15 is 0 Å². The predicted octanol–water partition coefficient (Wildman–Crippen LogP) is 5.13. The lowest BCUT2D eigenvalue weighted by molar-refractivity contribution is -0.137. The first-order chi connectivity index (χ1) is 10.7. The Morgan fingerprint density at radius 1 is 0.818 bits per heavy atom. The minimum atomic E-state index is -0.651. The summed E-state index contributed by atoms with van der Waals surface area (Å²) in [5, 5.41) is 8.62. The number of hydrogen-bond donors (Lipinski definition) is 2. The van der Waals surface area contributed by atoms with Gasteiger partial charge in [-0.05, 0) is 31.2 Å². The van der Waals surface area contributed by atoms with Gasteiger partial charge in [-0.25, -0.2) is 0 Å². The van der Waals surface area contributed by atoms with Crippen molar-refractivity contribution in [3.63, 3.8) is 0 Å². The van der Waals surface area contributed by atoms with Crippen LogP contribution in [0.4, 0.5) is 0 Å². The van der Waals surface area contributed by atoms with Gasteiger partial charge in [-0.15, -0.1) is 0 Å². The van der Waals surface area contributed by atoms with Gasteiger partial charge in [-0.3, -0.25) is 4.79 Å². The van der Waals surface area contributed by atoms with Crippen molar-refractivity contribution in [2.24, 2.45) is 17.6 Å². The molecule has 1 aliphatic rings. The lowest BCUT2D eigenvalue weighted by atomic mass is 9.86. The number of carbonyl (C=O) groups is 1. The monoisotopic (exact) mass is 311 g/mol. The molecule has 0 radical (unpaired) electrons. The highest BCUT2D eigenvalue weighted by Gasteiger charge is 2.25. The van der Waals surface area contributed by atoms with E-state index in [9.17, 15) is 4.79 Å². The number of nitrogens with two attached hydrogens (primary N) is 1. The fraction of sp³-hybridized carbons (Fsp3) is 0.947. The number of unbranched alkanes of at least 4 members (excludes halogenated alkanes) is 7. The summed E-state index contributed by atoms with van der Waals surface area (Å²) in [6.45, 7) is 0.844. The van der Waals surface area contributed by atoms with E-state index in [-0.39, 0.29) is 0 Å². The van der Waals surface area contributed by atoms with E-state index in [0.29, 0.717) is 6.42 Å². The fourth-order valence-corrected chi connectivity index (χ4v) is 3.99. The summed E-state index contributed by atoms with van der Waals surface area (Å²) < 4.78 is 0. The second-order valence-electron chi connectivity index (χ2n) is 7.14. The zero-order chi connectivity index (χ0) is 16.0. The molecule has 0 spiro atoms. The summed E-state index contributed by atoms with van der Waals surface area (Å²) in [5.74, 6) is 1.29. The molecule has 0 aliphatic heterocycles. The van der Waals surface area contributed by atoms with Crippen molar-refractivity contribution in [3.05, 3.63) is 0 Å². The van der Waals surface area contributed by atoms with Crippen LogP contribution in [0.1, 0.15) is 96.3 Å². The van der Waals surface area contributed by atoms with Crippen LogP contribution in [-0.4, -0.2) is 17.6 Å². The van der Waals surface area contributed by atoms with E-state index in [1.54, 1.807) is 0 Å². The molecule has 2 atom stereocenters. The summed E-state index contributed by atoms with van der Waals surface area (Å²) in [7, 11) is 0. The molecule has 1 rings (SSSR count). The molecule has 0 saturated heterocycles. The molecule has 0 amide bonds. The third kappa shape index (κ3) is 9.45. The topological polar surface area (TPSA) is 63.3 Å². The molecule has 0 aromatic carbocycles. The van der Waals surface area contributed by atoms with Crippen molar-refractivity contribution in [2.45, 2.75) is 96.3 Å². The van der Waals surface area contributed by atoms with Gasteiger partial charge in [-0.2, -0.15) is 0 Å². The van der Waals surface area contributed by atoms with Crippen LogP contribution in [0, 0.1) is 11.8 Å². The molecule has 0 heterocycles. The lowest BCUT2D eigenvalue weighted by Gasteiger charge is -2.19. The smallest absolute Gasteiger partial charge is 0.303 e. The van der Waals surface area contributed by atoms with E-state index in [0.717, 1.165) is 31.2 Å². The van der Waals surface area contributed by atoms with Gasteiger partial charge >= 0.3 is 5.97 Å². The van der Waals surface area contributed by atoms with Crippen LogP contribution in [0.25, 0.3) is 0 Å². The molecule has 22 heavy (non-hydrogen) atoms. The van der Waals surface area contributed by atoms with Gasteiger partial charge in [0.05, 0.1) is 0 Å². The van der Waals surface area contributed by atoms with E-state index in [2.05, 4.69) is 0 Å². The summed E-state index contributed by atoms with van der Waals surface area (Å²) in [6, 6.07) is 0. The maximum atomic E-state index is 10.5. The normalized spacial score (nSPS) is 21.3. The highest BCUT2D eigenvalue weighted by atomic mass is 16.4. The quantitative estimate of drug-likeness (QED) is 0.437. The second-order valence-corrected chi connectivity index (χ2v) is 7.14. The minimum Gasteiger partial charge on any atom is -0.481 e. The van der Waals surface area contributed by atoms with Crippen LogP contribution >= 0.6 is 0 Å². The first-order valence-electron chi connectivity index (χ1n) is 9.66. The van der Waals surface area contributed by atoms with E-state index < -0.39 is 5.97 Å². The number of carboxylic acid groups (broad SMARTS) is 1. The predicted molar refractivity (Wildman–Crippen MR) is 92.9 cm³/mol. The third-order valence-corrected chi connectivity index (χ3v) is 5.31. The fourth-order valence-electron chi connectivity index (χ4n) is 3.99. The van der Waals surface area contributed by atoms with Crippen molar-refractivity contribution in [1.82, 2.24) is 0 Å². The van der Waals surface area contributed by atoms with Gasteiger partial charge in [-0.1, -0.05) is 77.0 Å². The molecule has 1 saturated carbocycles. The maximum absolute atomic E-state index is 10.5. The van der Waals surface area contributed by atoms with Crippen LogP contribution in [0.3, 0.4) is 0 Å². The average Bonchev–Trinajstić information content (AvgIpc) is 2.93. The summed E-state index contributed by atoms with van der Waals surface area (Å²) in [4.78, 5) is 10.5. The molecule has 2 unspecified atom stereocenters. The van der Waals surface area contributed by atoms with Gasteiger partial charge in [0.2, 0.25) is 0 Å². The molecular formula is C19H37NO2. The molecule has 0 aromatic rings. The van der Waals surface area contributed by atoms with Gasteiger partial charge in [0.1, 0.15) is 0 Å². The van der Waals surface area contributed by atoms with Gasteiger partial charge < -0.3 is 10.8 Å². The largest absolute Gasteiger partial charge is 0.481 e. The van der Waals surface area contributed by atoms with Crippen molar-refractivity contribution in [3.8, 4) is 0 Å².